The zero-order chi connectivity index (χ0) is 16.7. The van der Waals surface area contributed by atoms with Gasteiger partial charge in [-0.3, -0.25) is 4.79 Å². The second-order valence-electron chi connectivity index (χ2n) is 5.14. The van der Waals surface area contributed by atoms with Crippen LogP contribution in [0.25, 0.3) is 0 Å². The first-order valence-electron chi connectivity index (χ1n) is 7.44. The van der Waals surface area contributed by atoms with Crippen molar-refractivity contribution < 1.29 is 9.53 Å². The molecule has 0 saturated heterocycles. The molecule has 2 aromatic rings. The van der Waals surface area contributed by atoms with Crippen molar-refractivity contribution in [2.75, 3.05) is 12.3 Å². The van der Waals surface area contributed by atoms with Crippen molar-refractivity contribution >= 4 is 29.3 Å². The number of carbonyl (C=O) groups excluding carboxylic acids is 1. The van der Waals surface area contributed by atoms with Gasteiger partial charge in [-0.25, -0.2) is 0 Å². The Balaban J connectivity index is 1.72. The zero-order valence-electron chi connectivity index (χ0n) is 13.2. The van der Waals surface area contributed by atoms with Crippen molar-refractivity contribution in [1.29, 1.82) is 0 Å². The number of nitrogens with one attached hydrogen (secondary N) is 1. The second-order valence-corrected chi connectivity index (χ2v) is 6.72. The summed E-state index contributed by atoms with van der Waals surface area (Å²) in [7, 11) is 0. The van der Waals surface area contributed by atoms with Crippen LogP contribution in [0.5, 0.6) is 5.75 Å². The number of thioether (sulfide) groups is 1. The van der Waals surface area contributed by atoms with Crippen molar-refractivity contribution in [3.8, 4) is 5.75 Å². The van der Waals surface area contributed by atoms with E-state index in [0.29, 0.717) is 17.3 Å². The van der Waals surface area contributed by atoms with Crippen molar-refractivity contribution in [2.45, 2.75) is 24.8 Å². The lowest BCUT2D eigenvalue weighted by atomic mass is 10.2. The molecule has 23 heavy (non-hydrogen) atoms. The second kappa shape index (κ2) is 8.85. The summed E-state index contributed by atoms with van der Waals surface area (Å²) in [5, 5.41) is 3.38. The van der Waals surface area contributed by atoms with E-state index in [-0.39, 0.29) is 5.91 Å². The number of aryl methyl sites for hydroxylation is 1. The monoisotopic (exact) mass is 349 g/mol. The molecule has 0 saturated carbocycles. The quantitative estimate of drug-likeness (QED) is 0.597. The van der Waals surface area contributed by atoms with Gasteiger partial charge in [0.25, 0.3) is 5.91 Å². The molecule has 0 aliphatic carbocycles. The van der Waals surface area contributed by atoms with Gasteiger partial charge < -0.3 is 10.1 Å². The number of ether oxygens (including phenoxy) is 1. The number of amides is 1. The molecule has 1 atom stereocenters. The first kappa shape index (κ1) is 17.7. The van der Waals surface area contributed by atoms with Crippen LogP contribution in [0.4, 0.5) is 0 Å². The van der Waals surface area contributed by atoms with Crippen LogP contribution in [0.2, 0.25) is 5.02 Å². The molecule has 0 heterocycles. The fourth-order valence-corrected chi connectivity index (χ4v) is 2.85. The molecule has 3 nitrogen and oxygen atoms in total. The Labute approximate surface area is 146 Å². The highest BCUT2D eigenvalue weighted by Crippen LogP contribution is 2.24. The molecule has 0 radical (unpaired) electrons. The fraction of sp³-hybridized carbons (Fsp3) is 0.278. The zero-order valence-corrected chi connectivity index (χ0v) is 14.8. The molecular weight excluding hydrogens is 330 g/mol. The van der Waals surface area contributed by atoms with E-state index in [4.69, 9.17) is 16.3 Å². The van der Waals surface area contributed by atoms with Crippen LogP contribution in [-0.2, 0) is 4.79 Å². The minimum absolute atomic E-state index is 0.144. The van der Waals surface area contributed by atoms with E-state index in [1.807, 2.05) is 12.1 Å². The topological polar surface area (TPSA) is 38.3 Å². The minimum Gasteiger partial charge on any atom is -0.479 e. The van der Waals surface area contributed by atoms with Gasteiger partial charge in [0.1, 0.15) is 5.75 Å². The number of hydrogen-bond acceptors (Lipinski definition) is 3. The van der Waals surface area contributed by atoms with Crippen molar-refractivity contribution in [2.24, 2.45) is 0 Å². The number of para-hydroxylation sites is 1. The number of halogens is 1. The molecule has 1 amide bonds. The summed E-state index contributed by atoms with van der Waals surface area (Å²) in [4.78, 5) is 13.2. The Morgan fingerprint density at radius 1 is 1.22 bits per heavy atom. The molecule has 0 spiro atoms. The maximum atomic E-state index is 12.0. The van der Waals surface area contributed by atoms with Gasteiger partial charge in [0.15, 0.2) is 6.10 Å². The van der Waals surface area contributed by atoms with E-state index in [9.17, 15) is 4.79 Å². The number of hydrogen-bond donors (Lipinski definition) is 1. The highest BCUT2D eigenvalue weighted by atomic mass is 35.5. The molecule has 1 N–H and O–H groups in total. The molecule has 0 aliphatic heterocycles. The van der Waals surface area contributed by atoms with Crippen molar-refractivity contribution in [1.82, 2.24) is 5.32 Å². The summed E-state index contributed by atoms with van der Waals surface area (Å²) in [6.45, 7) is 4.37. The number of rotatable bonds is 7. The van der Waals surface area contributed by atoms with Crippen LogP contribution in [0.15, 0.2) is 53.4 Å². The first-order chi connectivity index (χ1) is 11.1. The lowest BCUT2D eigenvalue weighted by molar-refractivity contribution is -0.127. The molecule has 0 unspecified atom stereocenters. The summed E-state index contributed by atoms with van der Waals surface area (Å²) in [5.74, 6) is 1.19. The van der Waals surface area contributed by atoms with E-state index in [2.05, 4.69) is 36.5 Å². The highest BCUT2D eigenvalue weighted by molar-refractivity contribution is 7.99. The van der Waals surface area contributed by atoms with Gasteiger partial charge in [-0.05, 0) is 38.1 Å². The van der Waals surface area contributed by atoms with Gasteiger partial charge in [-0.15, -0.1) is 11.8 Å². The van der Waals surface area contributed by atoms with E-state index in [1.54, 1.807) is 30.8 Å². The van der Waals surface area contributed by atoms with Crippen LogP contribution in [0.3, 0.4) is 0 Å². The highest BCUT2D eigenvalue weighted by Gasteiger charge is 2.15. The van der Waals surface area contributed by atoms with Crippen LogP contribution in [-0.4, -0.2) is 24.3 Å². The molecule has 5 heteroatoms. The largest absolute Gasteiger partial charge is 0.479 e. The SMILES string of the molecule is Cc1ccc(SCCNC(=O)[C@@H](C)Oc2ccccc2Cl)cc1. The molecular formula is C18H20ClNO2S. The Kier molecular flexibility index (Phi) is 6.81. The number of benzene rings is 2. The van der Waals surface area contributed by atoms with Gasteiger partial charge in [0.05, 0.1) is 5.02 Å². The lowest BCUT2D eigenvalue weighted by Gasteiger charge is -2.15. The third-order valence-corrected chi connectivity index (χ3v) is 4.53. The Morgan fingerprint density at radius 2 is 1.91 bits per heavy atom. The predicted molar refractivity (Wildman–Crippen MR) is 96.5 cm³/mol. The van der Waals surface area contributed by atoms with Crippen LogP contribution in [0.1, 0.15) is 12.5 Å². The molecule has 0 aromatic heterocycles. The third-order valence-electron chi connectivity index (χ3n) is 3.20. The molecule has 0 bridgehead atoms. The van der Waals surface area contributed by atoms with Gasteiger partial charge in [0.2, 0.25) is 0 Å². The maximum absolute atomic E-state index is 12.0. The number of carbonyl (C=O) groups is 1. The molecule has 2 rings (SSSR count). The van der Waals surface area contributed by atoms with Gasteiger partial charge in [-0.2, -0.15) is 0 Å². The summed E-state index contributed by atoms with van der Waals surface area (Å²) >= 11 is 7.73. The third kappa shape index (κ3) is 5.81. The maximum Gasteiger partial charge on any atom is 0.260 e. The standard InChI is InChI=1S/C18H20ClNO2S/c1-13-7-9-15(10-8-13)23-12-11-20-18(21)14(2)22-17-6-4-3-5-16(17)19/h3-10,14H,11-12H2,1-2H3,(H,20,21)/t14-/m1/s1. The van der Waals surface area contributed by atoms with E-state index < -0.39 is 6.10 Å². The summed E-state index contributed by atoms with van der Waals surface area (Å²) in [6, 6.07) is 15.5. The van der Waals surface area contributed by atoms with Crippen LogP contribution < -0.4 is 10.1 Å². The van der Waals surface area contributed by atoms with Crippen LogP contribution >= 0.6 is 23.4 Å². The average Bonchev–Trinajstić information content (AvgIpc) is 2.55. The summed E-state index contributed by atoms with van der Waals surface area (Å²) < 4.78 is 5.58. The van der Waals surface area contributed by atoms with Gasteiger partial charge in [0, 0.05) is 17.2 Å². The van der Waals surface area contributed by atoms with E-state index >= 15 is 0 Å². The molecule has 2 aromatic carbocycles. The molecule has 0 aliphatic rings. The summed E-state index contributed by atoms with van der Waals surface area (Å²) in [5.41, 5.74) is 1.24. The Morgan fingerprint density at radius 3 is 2.61 bits per heavy atom. The fourth-order valence-electron chi connectivity index (χ4n) is 1.91. The van der Waals surface area contributed by atoms with Crippen LogP contribution in [0, 0.1) is 6.92 Å². The lowest BCUT2D eigenvalue weighted by Crippen LogP contribution is -2.37. The molecule has 122 valence electrons. The Hall–Kier alpha value is -1.65. The van der Waals surface area contributed by atoms with E-state index in [0.717, 1.165) is 5.75 Å². The van der Waals surface area contributed by atoms with Gasteiger partial charge >= 0.3 is 0 Å². The minimum atomic E-state index is -0.584. The Bertz CT molecular complexity index is 646. The average molecular weight is 350 g/mol. The van der Waals surface area contributed by atoms with Crippen molar-refractivity contribution in [3.63, 3.8) is 0 Å². The summed E-state index contributed by atoms with van der Waals surface area (Å²) in [6.07, 6.45) is -0.584. The van der Waals surface area contributed by atoms with Gasteiger partial charge in [-0.1, -0.05) is 41.4 Å². The first-order valence-corrected chi connectivity index (χ1v) is 8.81. The smallest absolute Gasteiger partial charge is 0.260 e. The van der Waals surface area contributed by atoms with Crippen molar-refractivity contribution in [3.05, 3.63) is 59.1 Å². The predicted octanol–water partition coefficient (Wildman–Crippen LogP) is 4.32. The molecule has 0 fully saturated rings. The normalized spacial score (nSPS) is 11.8. The van der Waals surface area contributed by atoms with E-state index in [1.165, 1.54) is 10.5 Å².